The second-order valence-corrected chi connectivity index (χ2v) is 3.55. The van der Waals surface area contributed by atoms with E-state index in [-0.39, 0.29) is 5.02 Å². The molecule has 0 spiro atoms. The summed E-state index contributed by atoms with van der Waals surface area (Å²) in [5, 5.41) is 0.820. The average molecular weight is 232 g/mol. The third kappa shape index (κ3) is 2.57. The van der Waals surface area contributed by atoms with Gasteiger partial charge in [-0.3, -0.25) is 0 Å². The van der Waals surface area contributed by atoms with Gasteiger partial charge in [-0.25, -0.2) is 20.0 Å². The van der Waals surface area contributed by atoms with Gasteiger partial charge < -0.3 is 4.90 Å². The van der Waals surface area contributed by atoms with Crippen LogP contribution in [0.3, 0.4) is 0 Å². The van der Waals surface area contributed by atoms with Gasteiger partial charge in [0.2, 0.25) is 0 Å². The van der Waals surface area contributed by atoms with Crippen molar-refractivity contribution in [2.75, 3.05) is 19.1 Å². The van der Waals surface area contributed by atoms with Gasteiger partial charge in [0.15, 0.2) is 0 Å². The second kappa shape index (κ2) is 4.46. The van der Waals surface area contributed by atoms with Crippen molar-refractivity contribution < 1.29 is 9.18 Å². The fraction of sp³-hybridized carbons (Fsp3) is 0.222. The molecule has 0 heterocycles. The van der Waals surface area contributed by atoms with Crippen molar-refractivity contribution in [1.82, 2.24) is 4.90 Å². The van der Waals surface area contributed by atoms with Crippen molar-refractivity contribution in [2.24, 2.45) is 5.84 Å². The Labute approximate surface area is 92.0 Å². The molecule has 4 nitrogen and oxygen atoms in total. The number of nitrogens with two attached hydrogens (primary N) is 1. The van der Waals surface area contributed by atoms with Crippen molar-refractivity contribution in [1.29, 1.82) is 0 Å². The number of hydrogen-bond donors (Lipinski definition) is 1. The summed E-state index contributed by atoms with van der Waals surface area (Å²) in [5.74, 6) is 4.97. The fourth-order valence-electron chi connectivity index (χ4n) is 0.961. The molecule has 82 valence electrons. The maximum atomic E-state index is 12.8. The molecule has 2 amide bonds. The third-order valence-corrected chi connectivity index (χ3v) is 2.06. The summed E-state index contributed by atoms with van der Waals surface area (Å²) in [6.07, 6.45) is 0. The minimum absolute atomic E-state index is 0.0745. The number of anilines is 1. The van der Waals surface area contributed by atoms with Crippen molar-refractivity contribution in [3.05, 3.63) is 29.0 Å². The summed E-state index contributed by atoms with van der Waals surface area (Å²) in [5.41, 5.74) is 0.333. The molecule has 1 aromatic carbocycles. The molecule has 0 fully saturated rings. The van der Waals surface area contributed by atoms with Crippen molar-refractivity contribution >= 4 is 23.3 Å². The van der Waals surface area contributed by atoms with Crippen LogP contribution in [-0.4, -0.2) is 25.0 Å². The molecule has 0 aliphatic rings. The molecular formula is C9H11ClFN3O. The Bertz CT molecular complexity index is 384. The zero-order chi connectivity index (χ0) is 11.6. The molecule has 0 saturated heterocycles. The molecular weight excluding hydrogens is 221 g/mol. The molecule has 0 saturated carbocycles. The van der Waals surface area contributed by atoms with Crippen molar-refractivity contribution in [3.63, 3.8) is 0 Å². The number of carbonyl (C=O) groups excluding carboxylic acids is 1. The summed E-state index contributed by atoms with van der Waals surface area (Å²) in [6.45, 7) is 0. The Morgan fingerprint density at radius 1 is 1.47 bits per heavy atom. The van der Waals surface area contributed by atoms with Crippen LogP contribution >= 0.6 is 11.6 Å². The molecule has 2 N–H and O–H groups in total. The van der Waals surface area contributed by atoms with Crippen molar-refractivity contribution in [3.8, 4) is 0 Å². The van der Waals surface area contributed by atoms with Crippen LogP contribution in [0, 0.1) is 5.82 Å². The molecule has 0 aliphatic heterocycles. The van der Waals surface area contributed by atoms with E-state index >= 15 is 0 Å². The predicted molar refractivity (Wildman–Crippen MR) is 57.2 cm³/mol. The normalized spacial score (nSPS) is 9.93. The number of urea groups is 1. The van der Waals surface area contributed by atoms with E-state index in [2.05, 4.69) is 0 Å². The summed E-state index contributed by atoms with van der Waals surface area (Å²) in [4.78, 5) is 12.7. The van der Waals surface area contributed by atoms with Gasteiger partial charge in [-0.2, -0.15) is 0 Å². The first-order valence-electron chi connectivity index (χ1n) is 4.14. The van der Waals surface area contributed by atoms with Gasteiger partial charge in [0.25, 0.3) is 0 Å². The predicted octanol–water partition coefficient (Wildman–Crippen LogP) is 1.84. The summed E-state index contributed by atoms with van der Waals surface area (Å²) in [7, 11) is 3.13. The molecule has 15 heavy (non-hydrogen) atoms. The number of hydrogen-bond acceptors (Lipinski definition) is 2. The van der Waals surface area contributed by atoms with E-state index < -0.39 is 11.8 Å². The quantitative estimate of drug-likeness (QED) is 0.456. The van der Waals surface area contributed by atoms with Crippen LogP contribution in [0.15, 0.2) is 18.2 Å². The largest absolute Gasteiger partial charge is 0.338 e. The van der Waals surface area contributed by atoms with Gasteiger partial charge >= 0.3 is 6.03 Å². The number of nitrogens with zero attached hydrogens (tertiary/aromatic N) is 2. The smallest absolute Gasteiger partial charge is 0.329 e. The first-order chi connectivity index (χ1) is 6.93. The van der Waals surface area contributed by atoms with Crippen LogP contribution in [0.4, 0.5) is 14.9 Å². The maximum absolute atomic E-state index is 12.8. The van der Waals surface area contributed by atoms with Gasteiger partial charge in [-0.1, -0.05) is 11.6 Å². The van der Waals surface area contributed by atoms with Gasteiger partial charge in [-0.05, 0) is 18.2 Å². The molecule has 0 atom stereocenters. The lowest BCUT2D eigenvalue weighted by atomic mass is 10.3. The molecule has 0 aliphatic carbocycles. The molecule has 0 aromatic heterocycles. The number of hydrazine groups is 1. The van der Waals surface area contributed by atoms with E-state index in [9.17, 15) is 9.18 Å². The first-order valence-corrected chi connectivity index (χ1v) is 4.52. The lowest BCUT2D eigenvalue weighted by Crippen LogP contribution is -2.44. The first kappa shape index (κ1) is 11.7. The van der Waals surface area contributed by atoms with Gasteiger partial charge in [0.05, 0.1) is 10.7 Å². The third-order valence-electron chi connectivity index (χ3n) is 1.77. The SMILES string of the molecule is CN(C)C(=O)N(N)c1ccc(F)c(Cl)c1. The standard InChI is InChI=1S/C9H11ClFN3O/c1-13(2)9(15)14(12)6-3-4-8(11)7(10)5-6/h3-5H,12H2,1-2H3. The highest BCUT2D eigenvalue weighted by molar-refractivity contribution is 6.31. The molecule has 0 radical (unpaired) electrons. The zero-order valence-corrected chi connectivity index (χ0v) is 9.12. The Morgan fingerprint density at radius 2 is 2.07 bits per heavy atom. The Morgan fingerprint density at radius 3 is 2.53 bits per heavy atom. The Kier molecular flexibility index (Phi) is 3.49. The molecule has 0 bridgehead atoms. The lowest BCUT2D eigenvalue weighted by Gasteiger charge is -2.21. The summed E-state index contributed by atoms with van der Waals surface area (Å²) in [6, 6.07) is 3.40. The topological polar surface area (TPSA) is 49.6 Å². The van der Waals surface area contributed by atoms with E-state index in [4.69, 9.17) is 17.4 Å². The number of halogens is 2. The van der Waals surface area contributed by atoms with Gasteiger partial charge in [0.1, 0.15) is 5.82 Å². The second-order valence-electron chi connectivity index (χ2n) is 3.15. The Balaban J connectivity index is 2.97. The fourth-order valence-corrected chi connectivity index (χ4v) is 1.14. The van der Waals surface area contributed by atoms with Crippen LogP contribution in [0.5, 0.6) is 0 Å². The summed E-state index contributed by atoms with van der Waals surface area (Å²) < 4.78 is 12.8. The van der Waals surface area contributed by atoms with Gasteiger partial charge in [0, 0.05) is 14.1 Å². The van der Waals surface area contributed by atoms with Crippen molar-refractivity contribution in [2.45, 2.75) is 0 Å². The van der Waals surface area contributed by atoms with E-state index in [1.807, 2.05) is 0 Å². The minimum atomic E-state index is -0.550. The van der Waals surface area contributed by atoms with Crippen LogP contribution in [-0.2, 0) is 0 Å². The maximum Gasteiger partial charge on any atom is 0.338 e. The van der Waals surface area contributed by atoms with E-state index in [1.165, 1.54) is 17.0 Å². The molecule has 1 rings (SSSR count). The van der Waals surface area contributed by atoms with E-state index in [0.29, 0.717) is 5.69 Å². The monoisotopic (exact) mass is 231 g/mol. The number of benzene rings is 1. The highest BCUT2D eigenvalue weighted by Gasteiger charge is 2.14. The van der Waals surface area contributed by atoms with Crippen LogP contribution in [0.25, 0.3) is 0 Å². The summed E-state index contributed by atoms with van der Waals surface area (Å²) >= 11 is 5.56. The van der Waals surface area contributed by atoms with E-state index in [0.717, 1.165) is 11.1 Å². The minimum Gasteiger partial charge on any atom is -0.329 e. The molecule has 1 aromatic rings. The molecule has 6 heteroatoms. The molecule has 0 unspecified atom stereocenters. The number of amides is 2. The number of carbonyl (C=O) groups is 1. The van der Waals surface area contributed by atoms with Gasteiger partial charge in [-0.15, -0.1) is 0 Å². The highest BCUT2D eigenvalue weighted by Crippen LogP contribution is 2.21. The van der Waals surface area contributed by atoms with E-state index in [1.54, 1.807) is 14.1 Å². The Hall–Kier alpha value is -1.33. The van der Waals surface area contributed by atoms with Crippen LogP contribution in [0.2, 0.25) is 5.02 Å². The van der Waals surface area contributed by atoms with Crippen LogP contribution < -0.4 is 10.9 Å². The number of rotatable bonds is 1. The lowest BCUT2D eigenvalue weighted by molar-refractivity contribution is 0.224. The highest BCUT2D eigenvalue weighted by atomic mass is 35.5. The average Bonchev–Trinajstić information content (AvgIpc) is 2.19. The zero-order valence-electron chi connectivity index (χ0n) is 8.37. The van der Waals surface area contributed by atoms with Crippen LogP contribution in [0.1, 0.15) is 0 Å².